The van der Waals surface area contributed by atoms with Crippen molar-refractivity contribution in [3.05, 3.63) is 63.6 Å². The summed E-state index contributed by atoms with van der Waals surface area (Å²) in [7, 11) is 1.58. The zero-order chi connectivity index (χ0) is 18.9. The number of carbonyl (C=O) groups excluding carboxylic acids is 2. The zero-order valence-electron chi connectivity index (χ0n) is 14.4. The fourth-order valence-corrected chi connectivity index (χ4v) is 3.38. The van der Waals surface area contributed by atoms with Crippen LogP contribution >= 0.6 is 23.2 Å². The highest BCUT2D eigenvalue weighted by Gasteiger charge is 2.47. The van der Waals surface area contributed by atoms with Crippen LogP contribution in [0.15, 0.2) is 42.5 Å². The van der Waals surface area contributed by atoms with E-state index in [1.807, 2.05) is 24.3 Å². The van der Waals surface area contributed by atoms with Crippen LogP contribution in [-0.2, 0) is 17.8 Å². The van der Waals surface area contributed by atoms with E-state index in [-0.39, 0.29) is 12.5 Å². The van der Waals surface area contributed by atoms with Gasteiger partial charge in [0.25, 0.3) is 5.91 Å². The first-order valence-corrected chi connectivity index (χ1v) is 8.79. The number of rotatable bonds is 5. The number of benzene rings is 2. The molecule has 2 aromatic carbocycles. The summed E-state index contributed by atoms with van der Waals surface area (Å²) in [4.78, 5) is 26.5. The third-order valence-corrected chi connectivity index (χ3v) is 5.15. The van der Waals surface area contributed by atoms with E-state index in [1.54, 1.807) is 32.2 Å². The Kier molecular flexibility index (Phi) is 5.12. The monoisotopic (exact) mass is 392 g/mol. The lowest BCUT2D eigenvalue weighted by Crippen LogP contribution is -2.46. The van der Waals surface area contributed by atoms with Crippen LogP contribution in [0.2, 0.25) is 10.0 Å². The maximum absolute atomic E-state index is 12.9. The van der Waals surface area contributed by atoms with Gasteiger partial charge >= 0.3 is 6.03 Å². The molecule has 1 N–H and O–H groups in total. The predicted molar refractivity (Wildman–Crippen MR) is 101 cm³/mol. The van der Waals surface area contributed by atoms with Gasteiger partial charge in [-0.3, -0.25) is 9.69 Å². The molecule has 0 spiro atoms. The molecule has 5 nitrogen and oxygen atoms in total. The topological polar surface area (TPSA) is 58.6 Å². The van der Waals surface area contributed by atoms with Gasteiger partial charge in [0.05, 0.1) is 23.7 Å². The molecule has 1 aliphatic heterocycles. The van der Waals surface area contributed by atoms with E-state index >= 15 is 0 Å². The third kappa shape index (κ3) is 3.50. The molecule has 1 saturated heterocycles. The minimum Gasteiger partial charge on any atom is -0.496 e. The van der Waals surface area contributed by atoms with Crippen molar-refractivity contribution in [3.8, 4) is 5.75 Å². The van der Waals surface area contributed by atoms with Crippen LogP contribution in [0.5, 0.6) is 5.75 Å². The number of hydrogen-bond acceptors (Lipinski definition) is 3. The maximum atomic E-state index is 12.9. The van der Waals surface area contributed by atoms with E-state index in [0.29, 0.717) is 22.2 Å². The van der Waals surface area contributed by atoms with E-state index in [2.05, 4.69) is 5.32 Å². The molecular weight excluding hydrogens is 375 g/mol. The van der Waals surface area contributed by atoms with Crippen LogP contribution in [0.3, 0.4) is 0 Å². The molecule has 0 saturated carbocycles. The molecule has 3 rings (SSSR count). The van der Waals surface area contributed by atoms with Gasteiger partial charge in [-0.25, -0.2) is 4.79 Å². The SMILES string of the molecule is COc1ccccc1C[C@@]1(C)NC(=O)N(Cc2ccc(Cl)c(Cl)c2)C1=O. The first kappa shape index (κ1) is 18.5. The van der Waals surface area contributed by atoms with Crippen LogP contribution in [0.25, 0.3) is 0 Å². The van der Waals surface area contributed by atoms with Crippen molar-refractivity contribution in [2.24, 2.45) is 0 Å². The molecule has 0 bridgehead atoms. The number of methoxy groups -OCH3 is 1. The number of urea groups is 1. The van der Waals surface area contributed by atoms with E-state index in [9.17, 15) is 9.59 Å². The predicted octanol–water partition coefficient (Wildman–Crippen LogP) is 4.06. The van der Waals surface area contributed by atoms with Crippen LogP contribution < -0.4 is 10.1 Å². The number of halogens is 2. The summed E-state index contributed by atoms with van der Waals surface area (Å²) >= 11 is 11.9. The number of hydrogen-bond donors (Lipinski definition) is 1. The highest BCUT2D eigenvalue weighted by Crippen LogP contribution is 2.29. The first-order valence-electron chi connectivity index (χ1n) is 8.04. The van der Waals surface area contributed by atoms with Gasteiger partial charge in [0.1, 0.15) is 11.3 Å². The number of nitrogens with one attached hydrogen (secondary N) is 1. The van der Waals surface area contributed by atoms with Gasteiger partial charge in [0.2, 0.25) is 0 Å². The van der Waals surface area contributed by atoms with Crippen molar-refractivity contribution in [3.63, 3.8) is 0 Å². The van der Waals surface area contributed by atoms with Crippen molar-refractivity contribution in [1.29, 1.82) is 0 Å². The highest BCUT2D eigenvalue weighted by atomic mass is 35.5. The van der Waals surface area contributed by atoms with E-state index in [4.69, 9.17) is 27.9 Å². The Labute approximate surface area is 161 Å². The van der Waals surface area contributed by atoms with Gasteiger partial charge in [0, 0.05) is 6.42 Å². The molecule has 0 radical (unpaired) electrons. The minimum atomic E-state index is -1.04. The van der Waals surface area contributed by atoms with Gasteiger partial charge in [-0.15, -0.1) is 0 Å². The summed E-state index contributed by atoms with van der Waals surface area (Å²) < 4.78 is 5.34. The van der Waals surface area contributed by atoms with Crippen LogP contribution in [0.4, 0.5) is 4.79 Å². The Morgan fingerprint density at radius 2 is 1.85 bits per heavy atom. The summed E-state index contributed by atoms with van der Waals surface area (Å²) in [5, 5.41) is 3.61. The molecule has 0 aliphatic carbocycles. The number of amides is 3. The minimum absolute atomic E-state index is 0.128. The molecule has 136 valence electrons. The number of ether oxygens (including phenoxy) is 1. The fraction of sp³-hybridized carbons (Fsp3) is 0.263. The molecule has 26 heavy (non-hydrogen) atoms. The highest BCUT2D eigenvalue weighted by molar-refractivity contribution is 6.42. The average Bonchev–Trinajstić information content (AvgIpc) is 2.81. The van der Waals surface area contributed by atoms with E-state index in [1.165, 1.54) is 4.90 Å². The smallest absolute Gasteiger partial charge is 0.325 e. The second-order valence-corrected chi connectivity index (χ2v) is 7.21. The van der Waals surface area contributed by atoms with Crippen LogP contribution in [0.1, 0.15) is 18.1 Å². The van der Waals surface area contributed by atoms with Crippen molar-refractivity contribution < 1.29 is 14.3 Å². The van der Waals surface area contributed by atoms with Gasteiger partial charge in [-0.1, -0.05) is 47.5 Å². The molecule has 3 amide bonds. The molecule has 1 aliphatic rings. The summed E-state index contributed by atoms with van der Waals surface area (Å²) in [5.74, 6) is 0.387. The first-order chi connectivity index (χ1) is 12.3. The fourth-order valence-electron chi connectivity index (χ4n) is 3.06. The lowest BCUT2D eigenvalue weighted by atomic mass is 9.92. The largest absolute Gasteiger partial charge is 0.496 e. The normalized spacial score (nSPS) is 19.6. The summed E-state index contributed by atoms with van der Waals surface area (Å²) in [6.07, 6.45) is 0.333. The summed E-state index contributed by atoms with van der Waals surface area (Å²) in [6.45, 7) is 1.84. The quantitative estimate of drug-likeness (QED) is 0.780. The van der Waals surface area contributed by atoms with Crippen molar-refractivity contribution >= 4 is 35.1 Å². The zero-order valence-corrected chi connectivity index (χ0v) is 15.9. The second kappa shape index (κ2) is 7.17. The van der Waals surface area contributed by atoms with Gasteiger partial charge in [0.15, 0.2) is 0 Å². The lowest BCUT2D eigenvalue weighted by Gasteiger charge is -2.23. The molecular formula is C19H18Cl2N2O3. The van der Waals surface area contributed by atoms with Gasteiger partial charge in [-0.05, 0) is 36.2 Å². The third-order valence-electron chi connectivity index (χ3n) is 4.41. The number of nitrogens with zero attached hydrogens (tertiary/aromatic N) is 1. The Hall–Kier alpha value is -2.24. The van der Waals surface area contributed by atoms with Crippen LogP contribution in [-0.4, -0.2) is 29.5 Å². The van der Waals surface area contributed by atoms with Crippen molar-refractivity contribution in [2.45, 2.75) is 25.4 Å². The Morgan fingerprint density at radius 3 is 2.54 bits per heavy atom. The Balaban J connectivity index is 1.82. The molecule has 1 atom stereocenters. The molecule has 1 heterocycles. The number of carbonyl (C=O) groups is 2. The molecule has 0 unspecified atom stereocenters. The molecule has 2 aromatic rings. The average molecular weight is 393 g/mol. The van der Waals surface area contributed by atoms with E-state index in [0.717, 1.165) is 11.1 Å². The van der Waals surface area contributed by atoms with E-state index < -0.39 is 11.6 Å². The summed E-state index contributed by atoms with van der Waals surface area (Å²) in [5.41, 5.74) is 0.536. The molecule has 7 heteroatoms. The second-order valence-electron chi connectivity index (χ2n) is 6.39. The van der Waals surface area contributed by atoms with Crippen molar-refractivity contribution in [2.75, 3.05) is 7.11 Å². The Bertz CT molecular complexity index is 872. The number of para-hydroxylation sites is 1. The molecule has 0 aromatic heterocycles. The Morgan fingerprint density at radius 1 is 1.12 bits per heavy atom. The lowest BCUT2D eigenvalue weighted by molar-refractivity contribution is -0.131. The summed E-state index contributed by atoms with van der Waals surface area (Å²) in [6, 6.07) is 12.0. The van der Waals surface area contributed by atoms with Gasteiger partial charge < -0.3 is 10.1 Å². The van der Waals surface area contributed by atoms with Gasteiger partial charge in [-0.2, -0.15) is 0 Å². The number of imide groups is 1. The molecule has 1 fully saturated rings. The maximum Gasteiger partial charge on any atom is 0.325 e. The van der Waals surface area contributed by atoms with Crippen LogP contribution in [0, 0.1) is 0 Å². The van der Waals surface area contributed by atoms with Crippen molar-refractivity contribution in [1.82, 2.24) is 10.2 Å². The standard InChI is InChI=1S/C19H18Cl2N2O3/c1-19(10-13-5-3-4-6-16(13)26-2)17(24)23(18(25)22-19)11-12-7-8-14(20)15(21)9-12/h3-9H,10-11H2,1-2H3,(H,22,25)/t19-/m1/s1.